The number of nitrogens with one attached hydrogen (secondary N) is 1. The van der Waals surface area contributed by atoms with Gasteiger partial charge in [-0.25, -0.2) is 0 Å². The van der Waals surface area contributed by atoms with Gasteiger partial charge in [-0.3, -0.25) is 4.79 Å². The average molecular weight is 383 g/mol. The number of aliphatic hydroxyl groups is 7. The van der Waals surface area contributed by atoms with E-state index in [9.17, 15) is 40.2 Å². The van der Waals surface area contributed by atoms with Crippen molar-refractivity contribution in [2.45, 2.75) is 62.0 Å². The Labute approximate surface area is 148 Å². The standard InChI is InChI=1S/C14H25NO11/c1-5(19)15-9-13(24)12(23)8(4-18)26-14(9)25-7(3-17)11(22)10(21)6(20)2-16/h3,6-14,16,18,20-24H,2,4H2,1H3,(H,15,19)/t6-,7+,8-,9-,10+,11-,12+,13-,14+/m1/s1. The largest absolute Gasteiger partial charge is 0.394 e. The second-order valence-electron chi connectivity index (χ2n) is 5.90. The zero-order valence-corrected chi connectivity index (χ0v) is 14.0. The van der Waals surface area contributed by atoms with Crippen molar-refractivity contribution in [1.82, 2.24) is 5.32 Å². The van der Waals surface area contributed by atoms with Crippen LogP contribution in [0.1, 0.15) is 6.92 Å². The maximum atomic E-state index is 11.3. The van der Waals surface area contributed by atoms with Crippen molar-refractivity contribution >= 4 is 12.2 Å². The van der Waals surface area contributed by atoms with Crippen molar-refractivity contribution in [2.75, 3.05) is 13.2 Å². The second kappa shape index (κ2) is 10.2. The zero-order valence-electron chi connectivity index (χ0n) is 14.0. The molecule has 1 aliphatic heterocycles. The van der Waals surface area contributed by atoms with E-state index in [4.69, 9.17) is 14.6 Å². The molecule has 0 bridgehead atoms. The molecule has 152 valence electrons. The molecule has 0 aliphatic carbocycles. The number of hydrogen-bond donors (Lipinski definition) is 8. The van der Waals surface area contributed by atoms with E-state index in [1.165, 1.54) is 0 Å². The molecule has 26 heavy (non-hydrogen) atoms. The summed E-state index contributed by atoms with van der Waals surface area (Å²) in [7, 11) is 0. The van der Waals surface area contributed by atoms with Gasteiger partial charge in [0.2, 0.25) is 5.91 Å². The van der Waals surface area contributed by atoms with E-state index in [2.05, 4.69) is 5.32 Å². The summed E-state index contributed by atoms with van der Waals surface area (Å²) < 4.78 is 10.4. The van der Waals surface area contributed by atoms with Crippen LogP contribution in [0.2, 0.25) is 0 Å². The van der Waals surface area contributed by atoms with E-state index < -0.39 is 74.2 Å². The third-order valence-corrected chi connectivity index (χ3v) is 3.94. The van der Waals surface area contributed by atoms with Crippen LogP contribution in [-0.2, 0) is 19.1 Å². The molecule has 0 aromatic heterocycles. The molecule has 1 fully saturated rings. The minimum Gasteiger partial charge on any atom is -0.394 e. The van der Waals surface area contributed by atoms with Gasteiger partial charge in [0.05, 0.1) is 13.2 Å². The molecular weight excluding hydrogens is 358 g/mol. The van der Waals surface area contributed by atoms with Gasteiger partial charge in [-0.1, -0.05) is 0 Å². The van der Waals surface area contributed by atoms with Gasteiger partial charge < -0.3 is 55.3 Å². The van der Waals surface area contributed by atoms with E-state index in [-0.39, 0.29) is 6.29 Å². The molecule has 1 rings (SSSR count). The Bertz CT molecular complexity index is 464. The highest BCUT2D eigenvalue weighted by Gasteiger charge is 2.47. The highest BCUT2D eigenvalue weighted by Crippen LogP contribution is 2.24. The molecule has 1 amide bonds. The predicted molar refractivity (Wildman–Crippen MR) is 81.4 cm³/mol. The fourth-order valence-electron chi connectivity index (χ4n) is 2.46. The molecule has 0 saturated carbocycles. The van der Waals surface area contributed by atoms with Crippen LogP contribution >= 0.6 is 0 Å². The van der Waals surface area contributed by atoms with Gasteiger partial charge in [-0.15, -0.1) is 0 Å². The lowest BCUT2D eigenvalue weighted by Crippen LogP contribution is -2.65. The van der Waals surface area contributed by atoms with Crippen molar-refractivity contribution in [3.8, 4) is 0 Å². The molecule has 1 saturated heterocycles. The van der Waals surface area contributed by atoms with Crippen LogP contribution in [0.3, 0.4) is 0 Å². The van der Waals surface area contributed by atoms with Crippen LogP contribution in [0.15, 0.2) is 0 Å². The summed E-state index contributed by atoms with van der Waals surface area (Å²) in [6.07, 6.45) is -13.5. The summed E-state index contributed by atoms with van der Waals surface area (Å²) in [5, 5.41) is 69.2. The van der Waals surface area contributed by atoms with Gasteiger partial charge in [0, 0.05) is 6.92 Å². The first kappa shape index (κ1) is 22.8. The Morgan fingerprint density at radius 1 is 1.19 bits per heavy atom. The van der Waals surface area contributed by atoms with Gasteiger partial charge in [0.25, 0.3) is 0 Å². The first-order valence-electron chi connectivity index (χ1n) is 7.83. The van der Waals surface area contributed by atoms with Gasteiger partial charge >= 0.3 is 0 Å². The van der Waals surface area contributed by atoms with Crippen molar-refractivity contribution in [3.05, 3.63) is 0 Å². The molecule has 0 radical (unpaired) electrons. The molecule has 8 N–H and O–H groups in total. The lowest BCUT2D eigenvalue weighted by atomic mass is 9.96. The second-order valence-corrected chi connectivity index (χ2v) is 5.90. The molecular formula is C14H25NO11. The van der Waals surface area contributed by atoms with Crippen molar-refractivity contribution in [1.29, 1.82) is 0 Å². The molecule has 0 aromatic rings. The Balaban J connectivity index is 2.98. The van der Waals surface area contributed by atoms with Crippen LogP contribution in [0, 0.1) is 0 Å². The number of aliphatic hydroxyl groups excluding tert-OH is 7. The highest BCUT2D eigenvalue weighted by molar-refractivity contribution is 5.73. The topological polar surface area (TPSA) is 206 Å². The molecule has 0 spiro atoms. The molecule has 12 heteroatoms. The molecule has 9 atom stereocenters. The Kier molecular flexibility index (Phi) is 8.95. The quantitative estimate of drug-likeness (QED) is 0.176. The van der Waals surface area contributed by atoms with Crippen molar-refractivity contribution < 1.29 is 54.8 Å². The van der Waals surface area contributed by atoms with Crippen LogP contribution < -0.4 is 5.32 Å². The van der Waals surface area contributed by atoms with Gasteiger partial charge in [-0.05, 0) is 0 Å². The number of carbonyl (C=O) groups excluding carboxylic acids is 2. The molecule has 1 aliphatic rings. The van der Waals surface area contributed by atoms with E-state index >= 15 is 0 Å². The van der Waals surface area contributed by atoms with Crippen LogP contribution in [0.5, 0.6) is 0 Å². The third-order valence-electron chi connectivity index (χ3n) is 3.94. The molecule has 12 nitrogen and oxygen atoms in total. The first-order valence-corrected chi connectivity index (χ1v) is 7.83. The van der Waals surface area contributed by atoms with E-state index in [0.717, 1.165) is 6.92 Å². The number of amides is 1. The highest BCUT2D eigenvalue weighted by atomic mass is 16.7. The van der Waals surface area contributed by atoms with Crippen LogP contribution in [0.25, 0.3) is 0 Å². The summed E-state index contributed by atoms with van der Waals surface area (Å²) in [4.78, 5) is 22.5. The zero-order chi connectivity index (χ0) is 20.0. The summed E-state index contributed by atoms with van der Waals surface area (Å²) in [6, 6.07) is -1.36. The van der Waals surface area contributed by atoms with E-state index in [1.807, 2.05) is 0 Å². The van der Waals surface area contributed by atoms with Gasteiger partial charge in [0.15, 0.2) is 12.6 Å². The fourth-order valence-corrected chi connectivity index (χ4v) is 2.46. The van der Waals surface area contributed by atoms with Crippen LogP contribution in [-0.4, -0.2) is 116 Å². The Morgan fingerprint density at radius 2 is 1.81 bits per heavy atom. The average Bonchev–Trinajstić information content (AvgIpc) is 2.62. The van der Waals surface area contributed by atoms with Gasteiger partial charge in [0.1, 0.15) is 48.8 Å². The van der Waals surface area contributed by atoms with E-state index in [0.29, 0.717) is 0 Å². The Hall–Kier alpha value is -1.22. The maximum absolute atomic E-state index is 11.3. The smallest absolute Gasteiger partial charge is 0.217 e. The number of aldehydes is 1. The third kappa shape index (κ3) is 5.39. The summed E-state index contributed by atoms with van der Waals surface area (Å²) in [5.41, 5.74) is 0. The number of hydrogen-bond acceptors (Lipinski definition) is 11. The molecule has 0 unspecified atom stereocenters. The first-order chi connectivity index (χ1) is 12.2. The fraction of sp³-hybridized carbons (Fsp3) is 0.857. The van der Waals surface area contributed by atoms with Crippen LogP contribution in [0.4, 0.5) is 0 Å². The number of rotatable bonds is 9. The summed E-state index contributed by atoms with van der Waals surface area (Å²) >= 11 is 0. The lowest BCUT2D eigenvalue weighted by Gasteiger charge is -2.43. The lowest BCUT2D eigenvalue weighted by molar-refractivity contribution is -0.287. The minimum atomic E-state index is -1.98. The summed E-state index contributed by atoms with van der Waals surface area (Å²) in [6.45, 7) is -0.498. The van der Waals surface area contributed by atoms with Gasteiger partial charge in [-0.2, -0.15) is 0 Å². The summed E-state index contributed by atoms with van der Waals surface area (Å²) in [5.74, 6) is -0.625. The Morgan fingerprint density at radius 3 is 2.27 bits per heavy atom. The number of ether oxygens (including phenoxy) is 2. The van der Waals surface area contributed by atoms with E-state index in [1.54, 1.807) is 0 Å². The monoisotopic (exact) mass is 383 g/mol. The predicted octanol–water partition coefficient (Wildman–Crippen LogP) is -5.41. The maximum Gasteiger partial charge on any atom is 0.217 e. The normalized spacial score (nSPS) is 33.8. The SMILES string of the molecule is CC(=O)N[C@H]1[C@@H](O[C@@H](C=O)[C@@H](O)[C@@H](O)[C@H](O)CO)O[C@H](CO)[C@H](O)[C@@H]1O. The van der Waals surface area contributed by atoms with Crippen molar-refractivity contribution in [2.24, 2.45) is 0 Å². The molecule has 1 heterocycles. The molecule has 0 aromatic carbocycles. The minimum absolute atomic E-state index is 0.0809. The van der Waals surface area contributed by atoms with Crippen molar-refractivity contribution in [3.63, 3.8) is 0 Å². The number of carbonyl (C=O) groups is 2.